The highest BCUT2D eigenvalue weighted by Gasteiger charge is 2.51. The third kappa shape index (κ3) is 4.72. The lowest BCUT2D eigenvalue weighted by Crippen LogP contribution is -2.54. The molecule has 0 N–H and O–H groups in total. The Balaban J connectivity index is 2.10. The van der Waals surface area contributed by atoms with Crippen LogP contribution in [0.1, 0.15) is 79.5 Å². The van der Waals surface area contributed by atoms with E-state index in [2.05, 4.69) is 118 Å². The van der Waals surface area contributed by atoms with Crippen LogP contribution in [0.4, 0.5) is 0 Å². The van der Waals surface area contributed by atoms with Crippen molar-refractivity contribution in [1.29, 1.82) is 0 Å². The number of hydrogen-bond acceptors (Lipinski definition) is 2. The molecule has 36 heavy (non-hydrogen) atoms. The van der Waals surface area contributed by atoms with Crippen LogP contribution >= 0.6 is 0 Å². The predicted octanol–water partition coefficient (Wildman–Crippen LogP) is 8.48. The molecule has 1 heterocycles. The number of ketones is 1. The molecule has 0 amide bonds. The van der Waals surface area contributed by atoms with Crippen molar-refractivity contribution in [3.8, 4) is 0 Å². The van der Waals surface area contributed by atoms with Crippen LogP contribution in [0.2, 0.25) is 18.1 Å². The number of hydrogen-bond donors (Lipinski definition) is 0. The molecule has 4 heteroatoms. The summed E-state index contributed by atoms with van der Waals surface area (Å²) in [4.78, 5) is 13.8. The van der Waals surface area contributed by atoms with Gasteiger partial charge in [0, 0.05) is 52.2 Å². The molecule has 0 spiro atoms. The maximum Gasteiger partial charge on any atom is 0.192 e. The molecular formula is C32H49NO2Si. The van der Waals surface area contributed by atoms with Crippen molar-refractivity contribution in [2.45, 2.75) is 103 Å². The van der Waals surface area contributed by atoms with Crippen LogP contribution in [0.5, 0.6) is 0 Å². The Morgan fingerprint density at radius 2 is 1.72 bits per heavy atom. The number of fused-ring (bicyclic) bond motifs is 1. The number of carbonyl (C=O) groups is 1. The van der Waals surface area contributed by atoms with Gasteiger partial charge in [0.25, 0.3) is 0 Å². The molecule has 0 radical (unpaired) electrons. The highest BCUT2D eigenvalue weighted by molar-refractivity contribution is 6.74. The summed E-state index contributed by atoms with van der Waals surface area (Å²) >= 11 is 0. The summed E-state index contributed by atoms with van der Waals surface area (Å²) in [6.07, 6.45) is 5.14. The van der Waals surface area contributed by atoms with E-state index in [9.17, 15) is 4.79 Å². The minimum absolute atomic E-state index is 0.0249. The van der Waals surface area contributed by atoms with Crippen LogP contribution in [0.25, 0.3) is 10.9 Å². The number of aryl methyl sites for hydroxylation is 1. The Kier molecular flexibility index (Phi) is 7.27. The second kappa shape index (κ2) is 9.13. The molecule has 1 aliphatic rings. The van der Waals surface area contributed by atoms with Gasteiger partial charge in [-0.05, 0) is 42.2 Å². The molecule has 1 aliphatic carbocycles. The quantitative estimate of drug-likeness (QED) is 0.278. The van der Waals surface area contributed by atoms with E-state index in [-0.39, 0.29) is 33.3 Å². The van der Waals surface area contributed by atoms with E-state index in [4.69, 9.17) is 4.43 Å². The van der Waals surface area contributed by atoms with Gasteiger partial charge in [0.05, 0.1) is 6.10 Å². The number of carbonyl (C=O) groups excluding carboxylic acids is 1. The van der Waals surface area contributed by atoms with Crippen LogP contribution < -0.4 is 0 Å². The van der Waals surface area contributed by atoms with Crippen molar-refractivity contribution in [3.63, 3.8) is 0 Å². The van der Waals surface area contributed by atoms with Gasteiger partial charge < -0.3 is 8.99 Å². The number of rotatable bonds is 7. The lowest BCUT2D eigenvalue weighted by molar-refractivity contribution is -0.134. The first-order valence-corrected chi connectivity index (χ1v) is 16.3. The van der Waals surface area contributed by atoms with Gasteiger partial charge in [-0.2, -0.15) is 0 Å². The smallest absolute Gasteiger partial charge is 0.192 e. The molecule has 3 rings (SSSR count). The van der Waals surface area contributed by atoms with Crippen molar-refractivity contribution in [2.75, 3.05) is 0 Å². The van der Waals surface area contributed by atoms with Crippen LogP contribution in [-0.2, 0) is 27.1 Å². The molecule has 0 bridgehead atoms. The number of nitrogens with zero attached hydrogens (tertiary/aromatic N) is 1. The summed E-state index contributed by atoms with van der Waals surface area (Å²) < 4.78 is 9.30. The molecule has 1 aromatic carbocycles. The van der Waals surface area contributed by atoms with Gasteiger partial charge in [-0.1, -0.05) is 79.7 Å². The van der Waals surface area contributed by atoms with Gasteiger partial charge in [-0.3, -0.25) is 4.79 Å². The SMILES string of the molecule is C=CC(C)(C)c1cc2c(C(C)(C)[C@H]3C[C@@H](O[Si](C)(C)C(C)(C)C)[C@](C)(C=C)CC3=O)cccc2n1C. The number of allylic oxidation sites excluding steroid dienone is 1. The van der Waals surface area contributed by atoms with Gasteiger partial charge >= 0.3 is 0 Å². The first kappa shape index (κ1) is 28.7. The molecule has 1 saturated carbocycles. The third-order valence-electron chi connectivity index (χ3n) is 9.66. The monoisotopic (exact) mass is 507 g/mol. The van der Waals surface area contributed by atoms with E-state index < -0.39 is 8.32 Å². The van der Waals surface area contributed by atoms with Gasteiger partial charge in [0.2, 0.25) is 0 Å². The van der Waals surface area contributed by atoms with Crippen LogP contribution in [-0.4, -0.2) is 24.8 Å². The molecule has 1 aromatic heterocycles. The van der Waals surface area contributed by atoms with Crippen molar-refractivity contribution in [1.82, 2.24) is 4.57 Å². The zero-order chi connectivity index (χ0) is 27.5. The predicted molar refractivity (Wildman–Crippen MR) is 157 cm³/mol. The molecule has 1 fully saturated rings. The zero-order valence-electron chi connectivity index (χ0n) is 24.7. The van der Waals surface area contributed by atoms with Crippen LogP contribution in [0.3, 0.4) is 0 Å². The Morgan fingerprint density at radius 3 is 2.25 bits per heavy atom. The first-order chi connectivity index (χ1) is 16.3. The van der Waals surface area contributed by atoms with Crippen LogP contribution in [0, 0.1) is 11.3 Å². The molecule has 0 saturated heterocycles. The average Bonchev–Trinajstić information content (AvgIpc) is 3.12. The van der Waals surface area contributed by atoms with E-state index in [1.54, 1.807) is 0 Å². The van der Waals surface area contributed by atoms with Crippen molar-refractivity contribution >= 4 is 25.0 Å². The molecule has 2 aromatic rings. The Hall–Kier alpha value is -1.91. The second-order valence-corrected chi connectivity index (χ2v) is 18.7. The van der Waals surface area contributed by atoms with Crippen molar-refractivity contribution < 1.29 is 9.22 Å². The van der Waals surface area contributed by atoms with Gasteiger partial charge in [-0.25, -0.2) is 0 Å². The minimum Gasteiger partial charge on any atom is -0.413 e. The molecule has 3 nitrogen and oxygen atoms in total. The number of benzene rings is 1. The Labute approximate surface area is 221 Å². The summed E-state index contributed by atoms with van der Waals surface area (Å²) in [6.45, 7) is 30.7. The fraction of sp³-hybridized carbons (Fsp3) is 0.594. The van der Waals surface area contributed by atoms with Gasteiger partial charge in [0.15, 0.2) is 8.32 Å². The fourth-order valence-electron chi connectivity index (χ4n) is 5.68. The lowest BCUT2D eigenvalue weighted by atomic mass is 9.60. The van der Waals surface area contributed by atoms with E-state index in [0.717, 1.165) is 6.42 Å². The van der Waals surface area contributed by atoms with E-state index in [0.29, 0.717) is 12.2 Å². The Morgan fingerprint density at radius 1 is 1.11 bits per heavy atom. The summed E-state index contributed by atoms with van der Waals surface area (Å²) in [5, 5.41) is 1.33. The summed E-state index contributed by atoms with van der Waals surface area (Å²) in [6, 6.07) is 8.83. The highest BCUT2D eigenvalue weighted by atomic mass is 28.4. The summed E-state index contributed by atoms with van der Waals surface area (Å²) in [5.41, 5.74) is 2.81. The van der Waals surface area contributed by atoms with Gasteiger partial charge in [-0.15, -0.1) is 13.2 Å². The standard InChI is InChI=1S/C32H49NO2Si/c1-14-30(6,7)27-19-22-23(17-16-18-25(22)33(27)11)31(8,9)24-20-28(32(10,15-2)21-26(24)34)35-36(12,13)29(3,4)5/h14-19,24,28H,1-2,20-21H2,3-13H3/t24-,28+,32+/m0/s1. The Bertz CT molecular complexity index is 1180. The zero-order valence-corrected chi connectivity index (χ0v) is 25.7. The molecular weight excluding hydrogens is 458 g/mol. The number of aromatic nitrogens is 1. The van der Waals surface area contributed by atoms with Crippen molar-refractivity contribution in [2.24, 2.45) is 18.4 Å². The fourth-order valence-corrected chi connectivity index (χ4v) is 7.11. The van der Waals surface area contributed by atoms with Gasteiger partial charge in [0.1, 0.15) is 5.78 Å². The second-order valence-electron chi connectivity index (χ2n) is 14.0. The third-order valence-corrected chi connectivity index (χ3v) is 14.1. The van der Waals surface area contributed by atoms with Crippen molar-refractivity contribution in [3.05, 3.63) is 60.8 Å². The molecule has 0 aliphatic heterocycles. The molecule has 198 valence electrons. The lowest BCUT2D eigenvalue weighted by Gasteiger charge is -2.50. The van der Waals surface area contributed by atoms with E-state index in [1.807, 2.05) is 12.2 Å². The van der Waals surface area contributed by atoms with E-state index >= 15 is 0 Å². The normalized spacial score (nSPS) is 24.2. The largest absolute Gasteiger partial charge is 0.413 e. The molecule has 3 atom stereocenters. The maximum atomic E-state index is 13.8. The van der Waals surface area contributed by atoms with Crippen LogP contribution in [0.15, 0.2) is 49.6 Å². The summed E-state index contributed by atoms with van der Waals surface area (Å²) in [7, 11) is 0.0968. The topological polar surface area (TPSA) is 31.2 Å². The highest BCUT2D eigenvalue weighted by Crippen LogP contribution is 2.50. The summed E-state index contributed by atoms with van der Waals surface area (Å²) in [5.74, 6) is 0.194. The molecule has 0 unspecified atom stereocenters. The van der Waals surface area contributed by atoms with E-state index in [1.165, 1.54) is 22.2 Å². The first-order valence-electron chi connectivity index (χ1n) is 13.4. The minimum atomic E-state index is -2.03. The average molecular weight is 508 g/mol. The number of Topliss-reactive ketones (excluding diaryl/α,β-unsaturated/α-hetero) is 1. The maximum absolute atomic E-state index is 13.8.